The fourth-order valence-electron chi connectivity index (χ4n) is 3.17. The van der Waals surface area contributed by atoms with Crippen LogP contribution < -0.4 is 9.62 Å². The van der Waals surface area contributed by atoms with Crippen molar-refractivity contribution in [3.63, 3.8) is 0 Å². The van der Waals surface area contributed by atoms with E-state index < -0.39 is 10.0 Å². The van der Waals surface area contributed by atoms with Gasteiger partial charge in [0.05, 0.1) is 31.3 Å². The van der Waals surface area contributed by atoms with Gasteiger partial charge in [0.2, 0.25) is 10.0 Å². The molecule has 0 bridgehead atoms. The molecule has 0 aliphatic carbocycles. The molecule has 0 saturated heterocycles. The number of furan rings is 1. The maximum atomic E-state index is 12.5. The van der Waals surface area contributed by atoms with Gasteiger partial charge in [0.15, 0.2) is 0 Å². The molecule has 152 valence electrons. The Morgan fingerprint density at radius 3 is 2.21 bits per heavy atom. The Hall–Kier alpha value is -3.06. The van der Waals surface area contributed by atoms with E-state index in [1.54, 1.807) is 42.7 Å². The quantitative estimate of drug-likeness (QED) is 0.640. The van der Waals surface area contributed by atoms with Gasteiger partial charge in [-0.1, -0.05) is 30.3 Å². The van der Waals surface area contributed by atoms with E-state index in [0.29, 0.717) is 23.6 Å². The van der Waals surface area contributed by atoms with Crippen LogP contribution in [0.1, 0.15) is 32.8 Å². The van der Waals surface area contributed by atoms with Crippen LogP contribution in [0.2, 0.25) is 0 Å². The summed E-state index contributed by atoms with van der Waals surface area (Å²) in [6.45, 7) is 4.29. The van der Waals surface area contributed by atoms with E-state index in [9.17, 15) is 13.2 Å². The lowest BCUT2D eigenvalue weighted by Crippen LogP contribution is -2.30. The van der Waals surface area contributed by atoms with Crippen molar-refractivity contribution in [3.8, 4) is 0 Å². The van der Waals surface area contributed by atoms with Crippen LogP contribution in [0.15, 0.2) is 65.3 Å². The second-order valence-corrected chi connectivity index (χ2v) is 8.88. The molecule has 0 unspecified atom stereocenters. The Morgan fingerprint density at radius 1 is 1.00 bits per heavy atom. The molecule has 7 heteroatoms. The lowest BCUT2D eigenvalue weighted by molar-refractivity contribution is 0.0948. The number of rotatable bonds is 7. The number of aryl methyl sites for hydroxylation is 2. The predicted molar refractivity (Wildman–Crippen MR) is 113 cm³/mol. The molecule has 0 radical (unpaired) electrons. The molecule has 1 N–H and O–H groups in total. The van der Waals surface area contributed by atoms with Crippen molar-refractivity contribution in [2.75, 3.05) is 10.6 Å². The summed E-state index contributed by atoms with van der Waals surface area (Å²) in [6, 6.07) is 16.2. The Labute approximate surface area is 171 Å². The molecule has 0 fully saturated rings. The third-order valence-electron chi connectivity index (χ3n) is 4.63. The minimum absolute atomic E-state index is 0.193. The first-order valence-electron chi connectivity index (χ1n) is 9.19. The summed E-state index contributed by atoms with van der Waals surface area (Å²) in [4.78, 5) is 12.3. The van der Waals surface area contributed by atoms with E-state index in [1.165, 1.54) is 10.6 Å². The zero-order valence-corrected chi connectivity index (χ0v) is 17.5. The first kappa shape index (κ1) is 20.7. The highest BCUT2D eigenvalue weighted by molar-refractivity contribution is 7.92. The standard InChI is InChI=1S/C22H24N2O4S/c1-16-6-4-7-17(2)21(16)24(29(3,26)27)15-18-9-11-19(12-10-18)22(25)23-14-20-8-5-13-28-20/h4-13H,14-15H2,1-3H3,(H,23,25). The zero-order chi connectivity index (χ0) is 21.0. The number of nitrogens with one attached hydrogen (secondary N) is 1. The number of para-hydroxylation sites is 1. The molecule has 1 amide bonds. The van der Waals surface area contributed by atoms with Crippen molar-refractivity contribution in [1.82, 2.24) is 5.32 Å². The Morgan fingerprint density at radius 2 is 1.66 bits per heavy atom. The molecule has 3 aromatic rings. The van der Waals surface area contributed by atoms with Gasteiger partial charge in [-0.05, 0) is 54.8 Å². The molecular weight excluding hydrogens is 388 g/mol. The number of carbonyl (C=O) groups excluding carboxylic acids is 1. The summed E-state index contributed by atoms with van der Waals surface area (Å²) in [5.41, 5.74) is 3.77. The van der Waals surface area contributed by atoms with E-state index in [2.05, 4.69) is 5.32 Å². The Balaban J connectivity index is 1.77. The average Bonchev–Trinajstić information content (AvgIpc) is 3.18. The van der Waals surface area contributed by atoms with Crippen molar-refractivity contribution in [3.05, 3.63) is 88.9 Å². The third kappa shape index (κ3) is 5.06. The number of hydrogen-bond donors (Lipinski definition) is 1. The summed E-state index contributed by atoms with van der Waals surface area (Å²) in [5.74, 6) is 0.454. The Bertz CT molecular complexity index is 1070. The van der Waals surface area contributed by atoms with Crippen molar-refractivity contribution < 1.29 is 17.6 Å². The number of anilines is 1. The largest absolute Gasteiger partial charge is 0.467 e. The minimum Gasteiger partial charge on any atom is -0.467 e. The van der Waals surface area contributed by atoms with Crippen LogP contribution in [-0.2, 0) is 23.1 Å². The van der Waals surface area contributed by atoms with E-state index in [0.717, 1.165) is 16.7 Å². The SMILES string of the molecule is Cc1cccc(C)c1N(Cc1ccc(C(=O)NCc2ccco2)cc1)S(C)(=O)=O. The molecular formula is C22H24N2O4S. The fraction of sp³-hybridized carbons (Fsp3) is 0.227. The summed E-state index contributed by atoms with van der Waals surface area (Å²) >= 11 is 0. The number of hydrogen-bond acceptors (Lipinski definition) is 4. The van der Waals surface area contributed by atoms with Crippen molar-refractivity contribution in [2.24, 2.45) is 0 Å². The monoisotopic (exact) mass is 412 g/mol. The molecule has 0 atom stereocenters. The first-order valence-corrected chi connectivity index (χ1v) is 11.0. The summed E-state index contributed by atoms with van der Waals surface area (Å²) in [7, 11) is -3.48. The lowest BCUT2D eigenvalue weighted by Gasteiger charge is -2.26. The molecule has 0 saturated carbocycles. The summed E-state index contributed by atoms with van der Waals surface area (Å²) < 4.78 is 31.5. The van der Waals surface area contributed by atoms with Gasteiger partial charge in [0.25, 0.3) is 5.91 Å². The van der Waals surface area contributed by atoms with Crippen molar-refractivity contribution >= 4 is 21.6 Å². The number of carbonyl (C=O) groups is 1. The number of amides is 1. The second kappa shape index (κ2) is 8.53. The maximum absolute atomic E-state index is 12.5. The number of nitrogens with zero attached hydrogens (tertiary/aromatic N) is 1. The molecule has 0 spiro atoms. The van der Waals surface area contributed by atoms with Crippen molar-refractivity contribution in [1.29, 1.82) is 0 Å². The average molecular weight is 413 g/mol. The van der Waals surface area contributed by atoms with Crippen LogP contribution in [0.5, 0.6) is 0 Å². The summed E-state index contributed by atoms with van der Waals surface area (Å²) in [5, 5.41) is 2.79. The van der Waals surface area contributed by atoms with Crippen LogP contribution in [0, 0.1) is 13.8 Å². The third-order valence-corrected chi connectivity index (χ3v) is 5.75. The van der Waals surface area contributed by atoms with Gasteiger partial charge >= 0.3 is 0 Å². The van der Waals surface area contributed by atoms with Gasteiger partial charge < -0.3 is 9.73 Å². The van der Waals surface area contributed by atoms with Crippen LogP contribution in [0.4, 0.5) is 5.69 Å². The molecule has 1 aromatic heterocycles. The van der Waals surface area contributed by atoms with E-state index in [-0.39, 0.29) is 12.5 Å². The van der Waals surface area contributed by atoms with E-state index in [4.69, 9.17) is 4.42 Å². The fourth-order valence-corrected chi connectivity index (χ4v) is 4.17. The molecule has 6 nitrogen and oxygen atoms in total. The molecule has 0 aliphatic heterocycles. The highest BCUT2D eigenvalue weighted by Crippen LogP contribution is 2.28. The topological polar surface area (TPSA) is 79.6 Å². The maximum Gasteiger partial charge on any atom is 0.251 e. The van der Waals surface area contributed by atoms with E-state index >= 15 is 0 Å². The Kier molecular flexibility index (Phi) is 6.08. The van der Waals surface area contributed by atoms with Gasteiger partial charge in [-0.2, -0.15) is 0 Å². The second-order valence-electron chi connectivity index (χ2n) is 6.97. The molecule has 3 rings (SSSR count). The van der Waals surface area contributed by atoms with Crippen LogP contribution >= 0.6 is 0 Å². The molecule has 29 heavy (non-hydrogen) atoms. The van der Waals surface area contributed by atoms with Crippen LogP contribution in [0.3, 0.4) is 0 Å². The molecule has 1 heterocycles. The molecule has 2 aromatic carbocycles. The smallest absolute Gasteiger partial charge is 0.251 e. The highest BCUT2D eigenvalue weighted by Gasteiger charge is 2.21. The number of sulfonamides is 1. The first-order chi connectivity index (χ1) is 13.8. The van der Waals surface area contributed by atoms with Crippen molar-refractivity contribution in [2.45, 2.75) is 26.9 Å². The highest BCUT2D eigenvalue weighted by atomic mass is 32.2. The minimum atomic E-state index is -3.48. The lowest BCUT2D eigenvalue weighted by atomic mass is 10.1. The van der Waals surface area contributed by atoms with Gasteiger partial charge in [-0.25, -0.2) is 8.42 Å². The normalized spacial score (nSPS) is 11.3. The van der Waals surface area contributed by atoms with Gasteiger partial charge in [-0.3, -0.25) is 9.10 Å². The summed E-state index contributed by atoms with van der Waals surface area (Å²) in [6.07, 6.45) is 2.76. The zero-order valence-electron chi connectivity index (χ0n) is 16.7. The van der Waals surface area contributed by atoms with Gasteiger partial charge in [0, 0.05) is 5.56 Å². The number of benzene rings is 2. The van der Waals surface area contributed by atoms with Gasteiger partial charge in [-0.15, -0.1) is 0 Å². The van der Waals surface area contributed by atoms with Gasteiger partial charge in [0.1, 0.15) is 5.76 Å². The van der Waals surface area contributed by atoms with E-state index in [1.807, 2.05) is 32.0 Å². The predicted octanol–water partition coefficient (Wildman–Crippen LogP) is 3.79. The van der Waals surface area contributed by atoms with Crippen LogP contribution in [-0.4, -0.2) is 20.6 Å². The van der Waals surface area contributed by atoms with Crippen LogP contribution in [0.25, 0.3) is 0 Å². The molecule has 0 aliphatic rings.